The first-order valence-electron chi connectivity index (χ1n) is 8.56. The zero-order valence-electron chi connectivity index (χ0n) is 15.1. The summed E-state index contributed by atoms with van der Waals surface area (Å²) in [5.74, 6) is -3.37. The van der Waals surface area contributed by atoms with Gasteiger partial charge in [-0.1, -0.05) is 30.3 Å². The number of halogens is 2. The smallest absolute Gasteiger partial charge is 0.341 e. The zero-order valence-corrected chi connectivity index (χ0v) is 15.9. The molecule has 0 atom stereocenters. The minimum Gasteiger partial charge on any atom is -0.489 e. The van der Waals surface area contributed by atoms with Crippen molar-refractivity contribution in [2.24, 2.45) is 0 Å². The van der Waals surface area contributed by atoms with Gasteiger partial charge in [0.2, 0.25) is 9.84 Å². The fourth-order valence-electron chi connectivity index (χ4n) is 2.48. The second kappa shape index (κ2) is 8.83. The third kappa shape index (κ3) is 5.17. The van der Waals surface area contributed by atoms with Crippen LogP contribution >= 0.6 is 0 Å². The van der Waals surface area contributed by atoms with Crippen molar-refractivity contribution >= 4 is 21.4 Å². The fraction of sp³-hybridized carbons (Fsp3) is 0.0952. The molecule has 3 aromatic carbocycles. The van der Waals surface area contributed by atoms with Gasteiger partial charge in [-0.3, -0.25) is 4.79 Å². The first kappa shape index (κ1) is 20.5. The summed E-state index contributed by atoms with van der Waals surface area (Å²) in [6, 6.07) is 20.7. The number of amides is 1. The van der Waals surface area contributed by atoms with Crippen LogP contribution in [0.1, 0.15) is 15.9 Å². The maximum absolute atomic E-state index is 12.6. The number of sulfone groups is 1. The summed E-state index contributed by atoms with van der Waals surface area (Å²) in [5, 5.41) is 2.65. The molecule has 0 aromatic heterocycles. The summed E-state index contributed by atoms with van der Waals surface area (Å²) in [4.78, 5) is 11.7. The molecule has 0 aliphatic rings. The van der Waals surface area contributed by atoms with E-state index in [1.54, 1.807) is 24.3 Å². The number of rotatable bonds is 7. The highest BCUT2D eigenvalue weighted by atomic mass is 32.2. The highest BCUT2D eigenvalue weighted by Gasteiger charge is 2.26. The van der Waals surface area contributed by atoms with Crippen LogP contribution in [0.25, 0.3) is 0 Å². The van der Waals surface area contributed by atoms with E-state index in [2.05, 4.69) is 5.32 Å². The number of alkyl halides is 2. The molecule has 3 aromatic rings. The molecule has 8 heteroatoms. The second-order valence-corrected chi connectivity index (χ2v) is 8.00. The van der Waals surface area contributed by atoms with E-state index < -0.39 is 26.4 Å². The third-order valence-electron chi connectivity index (χ3n) is 4.04. The van der Waals surface area contributed by atoms with Gasteiger partial charge in [0.05, 0.1) is 4.90 Å². The van der Waals surface area contributed by atoms with E-state index in [1.807, 2.05) is 30.3 Å². The number of anilines is 1. The number of nitrogens with one attached hydrogen (secondary N) is 1. The van der Waals surface area contributed by atoms with Gasteiger partial charge in [-0.25, -0.2) is 8.42 Å². The molecule has 0 radical (unpaired) electrons. The van der Waals surface area contributed by atoms with Gasteiger partial charge in [-0.05, 0) is 54.1 Å². The molecule has 0 saturated carbocycles. The van der Waals surface area contributed by atoms with Crippen LogP contribution in [0.2, 0.25) is 0 Å². The Morgan fingerprint density at radius 2 is 1.52 bits per heavy atom. The molecule has 0 aliphatic carbocycles. The number of carbonyl (C=O) groups is 1. The van der Waals surface area contributed by atoms with Crippen LogP contribution in [-0.2, 0) is 16.4 Å². The molecule has 3 rings (SSSR count). The first-order valence-corrected chi connectivity index (χ1v) is 10.1. The van der Waals surface area contributed by atoms with Gasteiger partial charge in [0.15, 0.2) is 0 Å². The topological polar surface area (TPSA) is 72.5 Å². The van der Waals surface area contributed by atoms with Crippen molar-refractivity contribution in [2.45, 2.75) is 17.3 Å². The van der Waals surface area contributed by atoms with Crippen LogP contribution in [0.5, 0.6) is 5.75 Å². The van der Waals surface area contributed by atoms with Gasteiger partial charge in [0.1, 0.15) is 12.4 Å². The van der Waals surface area contributed by atoms with Gasteiger partial charge in [-0.15, -0.1) is 0 Å². The van der Waals surface area contributed by atoms with Crippen molar-refractivity contribution in [1.29, 1.82) is 0 Å². The lowest BCUT2D eigenvalue weighted by Gasteiger charge is -2.09. The normalized spacial score (nSPS) is 11.3. The Bertz CT molecular complexity index is 1070. The molecule has 0 aliphatic heterocycles. The second-order valence-electron chi connectivity index (χ2n) is 6.08. The lowest BCUT2D eigenvalue weighted by Crippen LogP contribution is -2.14. The van der Waals surface area contributed by atoms with Gasteiger partial charge in [0, 0.05) is 11.3 Å². The van der Waals surface area contributed by atoms with E-state index in [0.717, 1.165) is 17.7 Å². The Morgan fingerprint density at radius 1 is 0.897 bits per heavy atom. The highest BCUT2D eigenvalue weighted by Crippen LogP contribution is 2.20. The summed E-state index contributed by atoms with van der Waals surface area (Å²) in [7, 11) is -4.69. The molecule has 0 spiro atoms. The van der Waals surface area contributed by atoms with Gasteiger partial charge >= 0.3 is 5.76 Å². The van der Waals surface area contributed by atoms with Gasteiger partial charge < -0.3 is 10.1 Å². The SMILES string of the molecule is O=C(Nc1ccc(OCc2ccccc2)cc1)c1ccc(S(=O)(=O)C(F)F)cc1. The lowest BCUT2D eigenvalue weighted by atomic mass is 10.2. The number of carbonyl (C=O) groups excluding carboxylic acids is 1. The molecule has 0 unspecified atom stereocenters. The van der Waals surface area contributed by atoms with E-state index in [1.165, 1.54) is 12.1 Å². The number of hydrogen-bond donors (Lipinski definition) is 1. The average molecular weight is 417 g/mol. The number of ether oxygens (including phenoxy) is 1. The Balaban J connectivity index is 1.60. The molecule has 5 nitrogen and oxygen atoms in total. The van der Waals surface area contributed by atoms with Crippen LogP contribution in [0, 0.1) is 0 Å². The summed E-state index contributed by atoms with van der Waals surface area (Å²) >= 11 is 0. The Kier molecular flexibility index (Phi) is 6.23. The Hall–Kier alpha value is -3.26. The molecule has 1 amide bonds. The predicted molar refractivity (Wildman–Crippen MR) is 105 cm³/mol. The minimum atomic E-state index is -4.69. The Morgan fingerprint density at radius 3 is 2.10 bits per heavy atom. The molecule has 1 N–H and O–H groups in total. The van der Waals surface area contributed by atoms with Gasteiger partial charge in [-0.2, -0.15) is 8.78 Å². The van der Waals surface area contributed by atoms with Gasteiger partial charge in [0.25, 0.3) is 5.91 Å². The van der Waals surface area contributed by atoms with E-state index in [0.29, 0.717) is 18.0 Å². The van der Waals surface area contributed by atoms with E-state index in [-0.39, 0.29) is 5.56 Å². The highest BCUT2D eigenvalue weighted by molar-refractivity contribution is 7.91. The van der Waals surface area contributed by atoms with Crippen molar-refractivity contribution in [1.82, 2.24) is 0 Å². The van der Waals surface area contributed by atoms with Crippen LogP contribution in [-0.4, -0.2) is 20.1 Å². The third-order valence-corrected chi connectivity index (χ3v) is 5.44. The molecule has 0 heterocycles. The van der Waals surface area contributed by atoms with Crippen molar-refractivity contribution in [2.75, 3.05) is 5.32 Å². The standard InChI is InChI=1S/C21H17F2NO4S/c22-21(23)29(26,27)19-12-6-16(7-13-19)20(25)24-17-8-10-18(11-9-17)28-14-15-4-2-1-3-5-15/h1-13,21H,14H2,(H,24,25). The number of benzene rings is 3. The van der Waals surface area contributed by atoms with Crippen LogP contribution < -0.4 is 10.1 Å². The summed E-state index contributed by atoms with van der Waals surface area (Å²) in [5.41, 5.74) is 1.68. The number of hydrogen-bond acceptors (Lipinski definition) is 4. The fourth-order valence-corrected chi connectivity index (χ4v) is 3.20. The molecule has 0 fully saturated rings. The van der Waals surface area contributed by atoms with Crippen molar-refractivity contribution < 1.29 is 26.7 Å². The zero-order chi connectivity index (χ0) is 20.9. The quantitative estimate of drug-likeness (QED) is 0.614. The molecular weight excluding hydrogens is 400 g/mol. The van der Waals surface area contributed by atoms with E-state index in [4.69, 9.17) is 4.74 Å². The van der Waals surface area contributed by atoms with Crippen LogP contribution in [0.15, 0.2) is 83.8 Å². The summed E-state index contributed by atoms with van der Waals surface area (Å²) in [6.45, 7) is 0.417. The van der Waals surface area contributed by atoms with E-state index in [9.17, 15) is 22.0 Å². The van der Waals surface area contributed by atoms with E-state index >= 15 is 0 Å². The van der Waals surface area contributed by atoms with Crippen molar-refractivity contribution in [3.63, 3.8) is 0 Å². The minimum absolute atomic E-state index is 0.141. The lowest BCUT2D eigenvalue weighted by molar-refractivity contribution is 0.102. The monoisotopic (exact) mass is 417 g/mol. The van der Waals surface area contributed by atoms with Crippen LogP contribution in [0.3, 0.4) is 0 Å². The molecule has 150 valence electrons. The molecule has 0 saturated heterocycles. The molecule has 29 heavy (non-hydrogen) atoms. The van der Waals surface area contributed by atoms with Crippen LogP contribution in [0.4, 0.5) is 14.5 Å². The molecular formula is C21H17F2NO4S. The molecule has 0 bridgehead atoms. The maximum atomic E-state index is 12.6. The predicted octanol–water partition coefficient (Wildman–Crippen LogP) is 4.51. The van der Waals surface area contributed by atoms with Crippen molar-refractivity contribution in [3.05, 3.63) is 90.0 Å². The largest absolute Gasteiger partial charge is 0.489 e. The van der Waals surface area contributed by atoms with Crippen molar-refractivity contribution in [3.8, 4) is 5.75 Å². The first-order chi connectivity index (χ1) is 13.9. The summed E-state index contributed by atoms with van der Waals surface area (Å²) in [6.07, 6.45) is 0. The summed E-state index contributed by atoms with van der Waals surface area (Å²) < 4.78 is 53.6. The Labute approximate surface area is 166 Å². The average Bonchev–Trinajstić information content (AvgIpc) is 2.74. The maximum Gasteiger partial charge on any atom is 0.341 e.